The van der Waals surface area contributed by atoms with E-state index in [2.05, 4.69) is 10.7 Å². The topological polar surface area (TPSA) is 26.3 Å². The number of esters is 1. The van der Waals surface area contributed by atoms with E-state index in [0.717, 1.165) is 11.6 Å². The largest absolute Gasteiger partial charge is 0.465 e. The van der Waals surface area contributed by atoms with Crippen LogP contribution in [-0.4, -0.2) is 13.1 Å². The number of ether oxygens (including phenoxy) is 1. The summed E-state index contributed by atoms with van der Waals surface area (Å²) in [5.74, 6) is 1.44. The smallest absolute Gasteiger partial charge is 0.337 e. The molecule has 0 unspecified atom stereocenters. The molecule has 0 aliphatic rings. The fourth-order valence-corrected chi connectivity index (χ4v) is 1.78. The molecule has 0 bridgehead atoms. The van der Waals surface area contributed by atoms with Crippen LogP contribution >= 0.6 is 0 Å². The summed E-state index contributed by atoms with van der Waals surface area (Å²) < 4.78 is 18.1. The molecule has 3 heteroatoms. The van der Waals surface area contributed by atoms with Gasteiger partial charge in [-0.25, -0.2) is 9.18 Å². The van der Waals surface area contributed by atoms with Crippen molar-refractivity contribution in [3.05, 3.63) is 59.4 Å². The van der Waals surface area contributed by atoms with Gasteiger partial charge in [0.1, 0.15) is 5.82 Å². The van der Waals surface area contributed by atoms with E-state index >= 15 is 0 Å². The van der Waals surface area contributed by atoms with Crippen molar-refractivity contribution in [3.8, 4) is 23.5 Å². The second-order valence-electron chi connectivity index (χ2n) is 3.95. The van der Waals surface area contributed by atoms with Gasteiger partial charge < -0.3 is 4.74 Å². The predicted octanol–water partition coefficient (Wildman–Crippen LogP) is 3.26. The van der Waals surface area contributed by atoms with Gasteiger partial charge in [-0.1, -0.05) is 18.1 Å². The number of hydrogen-bond acceptors (Lipinski definition) is 2. The van der Waals surface area contributed by atoms with E-state index in [-0.39, 0.29) is 5.56 Å². The zero-order valence-electron chi connectivity index (χ0n) is 10.3. The van der Waals surface area contributed by atoms with Crippen LogP contribution in [0.3, 0.4) is 0 Å². The molecule has 2 aromatic rings. The third kappa shape index (κ3) is 2.80. The average Bonchev–Trinajstić information content (AvgIpc) is 2.45. The summed E-state index contributed by atoms with van der Waals surface area (Å²) in [6, 6.07) is 11.2. The molecule has 0 spiro atoms. The highest BCUT2D eigenvalue weighted by Crippen LogP contribution is 2.23. The van der Waals surface area contributed by atoms with Gasteiger partial charge in [0, 0.05) is 5.56 Å². The SMILES string of the molecule is C#Cc1cccc(-c2cc(F)cc(C(=O)OC)c2)c1. The van der Waals surface area contributed by atoms with Gasteiger partial charge in [-0.2, -0.15) is 0 Å². The van der Waals surface area contributed by atoms with Crippen molar-refractivity contribution in [3.63, 3.8) is 0 Å². The maximum atomic E-state index is 13.5. The number of benzene rings is 2. The molecule has 0 fully saturated rings. The lowest BCUT2D eigenvalue weighted by Gasteiger charge is -2.06. The van der Waals surface area contributed by atoms with Gasteiger partial charge in [0.15, 0.2) is 0 Å². The molecule has 19 heavy (non-hydrogen) atoms. The Balaban J connectivity index is 2.53. The molecule has 0 saturated carbocycles. The van der Waals surface area contributed by atoms with Gasteiger partial charge in [-0.05, 0) is 41.5 Å². The Labute approximate surface area is 110 Å². The van der Waals surface area contributed by atoms with Crippen molar-refractivity contribution in [1.29, 1.82) is 0 Å². The average molecular weight is 254 g/mol. The van der Waals surface area contributed by atoms with Gasteiger partial charge >= 0.3 is 5.97 Å². The summed E-state index contributed by atoms with van der Waals surface area (Å²) in [5, 5.41) is 0. The minimum atomic E-state index is -0.575. The van der Waals surface area contributed by atoms with Crippen LogP contribution in [0.2, 0.25) is 0 Å². The van der Waals surface area contributed by atoms with Crippen LogP contribution in [0, 0.1) is 18.2 Å². The van der Waals surface area contributed by atoms with E-state index < -0.39 is 11.8 Å². The first kappa shape index (κ1) is 12.8. The highest BCUT2D eigenvalue weighted by molar-refractivity contribution is 5.91. The molecule has 0 aromatic heterocycles. The summed E-state index contributed by atoms with van der Waals surface area (Å²) in [7, 11) is 1.26. The first-order chi connectivity index (χ1) is 9.13. The Morgan fingerprint density at radius 3 is 2.68 bits per heavy atom. The summed E-state index contributed by atoms with van der Waals surface area (Å²) in [6.07, 6.45) is 5.33. The molecule has 0 aliphatic carbocycles. The van der Waals surface area contributed by atoms with Crippen LogP contribution in [-0.2, 0) is 4.74 Å². The molecule has 0 atom stereocenters. The quantitative estimate of drug-likeness (QED) is 0.607. The molecule has 0 heterocycles. The molecule has 0 saturated heterocycles. The summed E-state index contributed by atoms with van der Waals surface area (Å²) in [6.45, 7) is 0. The normalized spacial score (nSPS) is 9.74. The molecule has 0 aliphatic heterocycles. The zero-order chi connectivity index (χ0) is 13.8. The van der Waals surface area contributed by atoms with E-state index in [1.165, 1.54) is 13.2 Å². The number of rotatable bonds is 2. The van der Waals surface area contributed by atoms with Crippen LogP contribution in [0.5, 0.6) is 0 Å². The lowest BCUT2D eigenvalue weighted by molar-refractivity contribution is 0.0600. The fourth-order valence-electron chi connectivity index (χ4n) is 1.78. The zero-order valence-corrected chi connectivity index (χ0v) is 10.3. The Morgan fingerprint density at radius 1 is 1.21 bits per heavy atom. The highest BCUT2D eigenvalue weighted by atomic mass is 19.1. The van der Waals surface area contributed by atoms with Crippen molar-refractivity contribution in [2.75, 3.05) is 7.11 Å². The summed E-state index contributed by atoms with van der Waals surface area (Å²) >= 11 is 0. The third-order valence-electron chi connectivity index (χ3n) is 2.68. The van der Waals surface area contributed by atoms with E-state index in [1.807, 2.05) is 0 Å². The molecule has 2 aromatic carbocycles. The Morgan fingerprint density at radius 2 is 2.00 bits per heavy atom. The molecule has 0 amide bonds. The number of carbonyl (C=O) groups excluding carboxylic acids is 1. The number of terminal acetylenes is 1. The molecule has 0 N–H and O–H groups in total. The Hall–Kier alpha value is -2.60. The number of carbonyl (C=O) groups is 1. The number of halogens is 1. The van der Waals surface area contributed by atoms with E-state index in [0.29, 0.717) is 11.1 Å². The van der Waals surface area contributed by atoms with Crippen molar-refractivity contribution in [2.45, 2.75) is 0 Å². The minimum Gasteiger partial charge on any atom is -0.465 e. The van der Waals surface area contributed by atoms with Crippen molar-refractivity contribution in [1.82, 2.24) is 0 Å². The predicted molar refractivity (Wildman–Crippen MR) is 71.1 cm³/mol. The molecule has 0 radical (unpaired) electrons. The molecule has 2 rings (SSSR count). The van der Waals surface area contributed by atoms with Gasteiger partial charge in [-0.15, -0.1) is 6.42 Å². The van der Waals surface area contributed by atoms with Crippen molar-refractivity contribution >= 4 is 5.97 Å². The first-order valence-electron chi connectivity index (χ1n) is 5.60. The summed E-state index contributed by atoms with van der Waals surface area (Å²) in [5.41, 5.74) is 2.20. The highest BCUT2D eigenvalue weighted by Gasteiger charge is 2.10. The molecule has 94 valence electrons. The van der Waals surface area contributed by atoms with E-state index in [9.17, 15) is 9.18 Å². The van der Waals surface area contributed by atoms with E-state index in [4.69, 9.17) is 6.42 Å². The van der Waals surface area contributed by atoms with Crippen LogP contribution in [0.4, 0.5) is 4.39 Å². The second kappa shape index (κ2) is 5.36. The standard InChI is InChI=1S/C16H11FO2/c1-3-11-5-4-6-12(7-11)13-8-14(16(18)19-2)10-15(17)9-13/h1,4-10H,2H3. The van der Waals surface area contributed by atoms with E-state index in [1.54, 1.807) is 30.3 Å². The fraction of sp³-hybridized carbons (Fsp3) is 0.0625. The minimum absolute atomic E-state index is 0.170. The molecular weight excluding hydrogens is 243 g/mol. The third-order valence-corrected chi connectivity index (χ3v) is 2.68. The van der Waals surface area contributed by atoms with Gasteiger partial charge in [0.25, 0.3) is 0 Å². The monoisotopic (exact) mass is 254 g/mol. The molecule has 2 nitrogen and oxygen atoms in total. The summed E-state index contributed by atoms with van der Waals surface area (Å²) in [4.78, 5) is 11.5. The Bertz CT molecular complexity index is 669. The van der Waals surface area contributed by atoms with Gasteiger partial charge in [0.05, 0.1) is 12.7 Å². The van der Waals surface area contributed by atoms with Crippen molar-refractivity contribution < 1.29 is 13.9 Å². The van der Waals surface area contributed by atoms with Crippen LogP contribution in [0.25, 0.3) is 11.1 Å². The maximum absolute atomic E-state index is 13.5. The van der Waals surface area contributed by atoms with Crippen LogP contribution < -0.4 is 0 Å². The second-order valence-corrected chi connectivity index (χ2v) is 3.95. The van der Waals surface area contributed by atoms with Crippen LogP contribution in [0.15, 0.2) is 42.5 Å². The maximum Gasteiger partial charge on any atom is 0.337 e. The lowest BCUT2D eigenvalue weighted by Crippen LogP contribution is -2.02. The van der Waals surface area contributed by atoms with Gasteiger partial charge in [0.2, 0.25) is 0 Å². The Kier molecular flexibility index (Phi) is 3.63. The van der Waals surface area contributed by atoms with Crippen molar-refractivity contribution in [2.24, 2.45) is 0 Å². The number of hydrogen-bond donors (Lipinski definition) is 0. The lowest BCUT2D eigenvalue weighted by atomic mass is 10.0. The van der Waals surface area contributed by atoms with Gasteiger partial charge in [-0.3, -0.25) is 0 Å². The van der Waals surface area contributed by atoms with Crippen LogP contribution in [0.1, 0.15) is 15.9 Å². The first-order valence-corrected chi connectivity index (χ1v) is 5.60. The molecular formula is C16H11FO2. The number of methoxy groups -OCH3 is 1.